The van der Waals surface area contributed by atoms with Crippen molar-refractivity contribution in [3.05, 3.63) is 0 Å². The molecular formula is AlCrNiO2+4. The zero-order chi connectivity index (χ0) is 0. The molecule has 0 saturated carbocycles. The molecule has 5 heavy (non-hydrogen) atoms. The zero-order valence-electron chi connectivity index (χ0n) is 2.12. The van der Waals surface area contributed by atoms with E-state index < -0.39 is 0 Å². The first-order valence-electron chi connectivity index (χ1n) is 0. The molecule has 0 aromatic rings. The predicted octanol–water partition coefficient (Wildman–Crippen LogP) is -0.623. The van der Waals surface area contributed by atoms with Gasteiger partial charge in [0.05, 0.1) is 0 Å². The fourth-order valence-corrected chi connectivity index (χ4v) is 0. The van der Waals surface area contributed by atoms with E-state index in [9.17, 15) is 0 Å². The summed E-state index contributed by atoms with van der Waals surface area (Å²) < 4.78 is 0. The van der Waals surface area contributed by atoms with E-state index in [4.69, 9.17) is 0 Å². The van der Waals surface area contributed by atoms with Crippen molar-refractivity contribution in [2.75, 3.05) is 0 Å². The van der Waals surface area contributed by atoms with Gasteiger partial charge in [0.25, 0.3) is 0 Å². The van der Waals surface area contributed by atoms with Gasteiger partial charge in [0.15, 0.2) is 0 Å². The standard InChI is InChI=1S/Al.Cr.Ni.2O/q2*+3;+2;2*-2. The molecule has 0 aromatic carbocycles. The normalized spacial score (nSPS) is 0. The molecule has 5 heteroatoms. The second-order valence-corrected chi connectivity index (χ2v) is 0. The molecule has 2 nitrogen and oxygen atoms in total. The molecule has 0 unspecified atom stereocenters. The minimum absolute atomic E-state index is 0. The van der Waals surface area contributed by atoms with Crippen LogP contribution in [0.3, 0.4) is 0 Å². The Bertz CT molecular complexity index is 9.61. The van der Waals surface area contributed by atoms with Gasteiger partial charge < -0.3 is 11.0 Å². The summed E-state index contributed by atoms with van der Waals surface area (Å²) in [5, 5.41) is 0. The van der Waals surface area contributed by atoms with Crippen molar-refractivity contribution in [3.63, 3.8) is 0 Å². The van der Waals surface area contributed by atoms with Gasteiger partial charge in [-0.2, -0.15) is 0 Å². The van der Waals surface area contributed by atoms with Crippen LogP contribution in [0.25, 0.3) is 0 Å². The van der Waals surface area contributed by atoms with Crippen LogP contribution in [0.15, 0.2) is 0 Å². The van der Waals surface area contributed by atoms with E-state index in [1.807, 2.05) is 0 Å². The van der Waals surface area contributed by atoms with Gasteiger partial charge in [-0.1, -0.05) is 0 Å². The smallest absolute Gasteiger partial charge is 2.00 e. The van der Waals surface area contributed by atoms with Crippen LogP contribution in [0.1, 0.15) is 0 Å². The molecule has 0 N–H and O–H groups in total. The molecule has 0 amide bonds. The van der Waals surface area contributed by atoms with Gasteiger partial charge in [-0.05, 0) is 0 Å². The second-order valence-electron chi connectivity index (χ2n) is 0. The minimum atomic E-state index is 0. The second kappa shape index (κ2) is 50.3. The van der Waals surface area contributed by atoms with Gasteiger partial charge in [0, 0.05) is 0 Å². The van der Waals surface area contributed by atoms with Gasteiger partial charge in [0.1, 0.15) is 0 Å². The van der Waals surface area contributed by atoms with Crippen molar-refractivity contribution >= 4 is 17.4 Å². The molecule has 0 heterocycles. The van der Waals surface area contributed by atoms with Crippen LogP contribution in [0.5, 0.6) is 0 Å². The largest absolute Gasteiger partial charge is 3.00 e. The maximum Gasteiger partial charge on any atom is 3.00 e. The van der Waals surface area contributed by atoms with Gasteiger partial charge in [0.2, 0.25) is 0 Å². The molecule has 0 fully saturated rings. The monoisotopic (exact) mass is 169 g/mol. The number of rotatable bonds is 0. The molecule has 0 spiro atoms. The molecule has 0 aliphatic heterocycles. The van der Waals surface area contributed by atoms with E-state index >= 15 is 0 Å². The molecule has 0 bridgehead atoms. The zero-order valence-corrected chi connectivity index (χ0v) is 5.54. The Morgan fingerprint density at radius 3 is 0.800 bits per heavy atom. The third-order valence-corrected chi connectivity index (χ3v) is 0. The molecule has 27 valence electrons. The first-order valence-corrected chi connectivity index (χ1v) is 0. The van der Waals surface area contributed by atoms with Crippen molar-refractivity contribution in [1.29, 1.82) is 0 Å². The summed E-state index contributed by atoms with van der Waals surface area (Å²) in [6, 6.07) is 0. The van der Waals surface area contributed by atoms with Crippen molar-refractivity contribution in [2.24, 2.45) is 0 Å². The third-order valence-electron chi connectivity index (χ3n) is 0. The van der Waals surface area contributed by atoms with Crippen molar-refractivity contribution in [3.8, 4) is 0 Å². The minimum Gasteiger partial charge on any atom is -2.00 e. The number of hydrogen-bond donors (Lipinski definition) is 0. The SMILES string of the molecule is [Al+3].[Cr+3].[Ni+2].[O-2].[O-2]. The Morgan fingerprint density at radius 2 is 0.800 bits per heavy atom. The molecular weight excluding hydrogens is 170 g/mol. The van der Waals surface area contributed by atoms with Gasteiger partial charge >= 0.3 is 51.2 Å². The number of hydrogen-bond acceptors (Lipinski definition) is 0. The van der Waals surface area contributed by atoms with Crippen LogP contribution in [0.4, 0.5) is 0 Å². The summed E-state index contributed by atoms with van der Waals surface area (Å²) in [5.41, 5.74) is 0. The Labute approximate surface area is 62.1 Å². The van der Waals surface area contributed by atoms with Gasteiger partial charge in [-0.15, -0.1) is 0 Å². The molecule has 0 saturated heterocycles. The molecule has 0 atom stereocenters. The summed E-state index contributed by atoms with van der Waals surface area (Å²) >= 11 is 0. The third kappa shape index (κ3) is 30.3. The van der Waals surface area contributed by atoms with E-state index in [-0.39, 0.29) is 62.2 Å². The quantitative estimate of drug-likeness (QED) is 0.434. The fourth-order valence-electron chi connectivity index (χ4n) is 0. The summed E-state index contributed by atoms with van der Waals surface area (Å²) in [5.74, 6) is 0. The predicted molar refractivity (Wildman–Crippen MR) is 7.13 cm³/mol. The summed E-state index contributed by atoms with van der Waals surface area (Å²) in [6.45, 7) is 0. The van der Waals surface area contributed by atoms with Crippen LogP contribution in [-0.4, -0.2) is 17.4 Å². The Hall–Kier alpha value is 1.48. The average molecular weight is 170 g/mol. The Balaban J connectivity index is 0. The topological polar surface area (TPSA) is 57.0 Å². The summed E-state index contributed by atoms with van der Waals surface area (Å²) in [7, 11) is 0. The average Bonchev–Trinajstić information content (AvgIpc) is 0. The van der Waals surface area contributed by atoms with Crippen molar-refractivity contribution < 1.29 is 44.8 Å². The fraction of sp³-hybridized carbons (Fsp3) is 0. The molecule has 0 aliphatic rings. The van der Waals surface area contributed by atoms with Gasteiger partial charge in [-0.25, -0.2) is 0 Å². The first-order chi connectivity index (χ1) is 0. The van der Waals surface area contributed by atoms with E-state index in [0.29, 0.717) is 0 Å². The van der Waals surface area contributed by atoms with Crippen LogP contribution in [0.2, 0.25) is 0 Å². The van der Waals surface area contributed by atoms with Crippen molar-refractivity contribution in [1.82, 2.24) is 0 Å². The maximum absolute atomic E-state index is 0. The van der Waals surface area contributed by atoms with Crippen molar-refractivity contribution in [2.45, 2.75) is 0 Å². The van der Waals surface area contributed by atoms with Crippen LogP contribution < -0.4 is 0 Å². The summed E-state index contributed by atoms with van der Waals surface area (Å²) in [4.78, 5) is 0. The van der Waals surface area contributed by atoms with Crippen LogP contribution in [-0.2, 0) is 44.8 Å². The van der Waals surface area contributed by atoms with E-state index in [1.165, 1.54) is 0 Å². The molecule has 0 aromatic heterocycles. The first kappa shape index (κ1) is 89.0. The molecule has 0 rings (SSSR count). The Kier molecular flexibility index (Phi) is 894. The summed E-state index contributed by atoms with van der Waals surface area (Å²) in [6.07, 6.45) is 0. The van der Waals surface area contributed by atoms with E-state index in [0.717, 1.165) is 0 Å². The van der Waals surface area contributed by atoms with Crippen LogP contribution in [0, 0.1) is 0 Å². The molecule has 0 aliphatic carbocycles. The van der Waals surface area contributed by atoms with Gasteiger partial charge in [-0.3, -0.25) is 0 Å². The molecule has 1 radical (unpaired) electrons. The van der Waals surface area contributed by atoms with E-state index in [2.05, 4.69) is 0 Å². The maximum atomic E-state index is 0. The van der Waals surface area contributed by atoms with Crippen LogP contribution >= 0.6 is 0 Å². The van der Waals surface area contributed by atoms with E-state index in [1.54, 1.807) is 0 Å². The Morgan fingerprint density at radius 1 is 0.800 bits per heavy atom.